The summed E-state index contributed by atoms with van der Waals surface area (Å²) in [5.74, 6) is 1.76. The topological polar surface area (TPSA) is 26.8 Å². The Bertz CT molecular complexity index is 3420. The first kappa shape index (κ1) is 26.0. The van der Waals surface area contributed by atoms with Crippen molar-refractivity contribution in [2.24, 2.45) is 0 Å². The fourth-order valence-electron chi connectivity index (χ4n) is 11.5. The van der Waals surface area contributed by atoms with Gasteiger partial charge in [-0.3, -0.25) is 0 Å². The zero-order valence-electron chi connectivity index (χ0n) is 28.2. The molecule has 1 atom stereocenters. The van der Waals surface area contributed by atoms with Crippen molar-refractivity contribution >= 4 is 84.1 Å². The van der Waals surface area contributed by atoms with E-state index in [0.29, 0.717) is 4.70 Å². The van der Waals surface area contributed by atoms with Gasteiger partial charge in [0.05, 0.1) is 15.5 Å². The number of aromatic nitrogens is 4. The Morgan fingerprint density at radius 1 is 0.472 bits per heavy atom. The highest BCUT2D eigenvalue weighted by atomic mass is 28.3. The molecule has 0 radical (unpaired) electrons. The molecule has 2 spiro atoms. The predicted molar refractivity (Wildman–Crippen MR) is 210 cm³/mol. The van der Waals surface area contributed by atoms with Crippen LogP contribution < -0.4 is 39.5 Å². The van der Waals surface area contributed by atoms with E-state index in [0.717, 1.165) is 34.2 Å². The minimum atomic E-state index is -2.84. The van der Waals surface area contributed by atoms with Gasteiger partial charge in [-0.15, -0.1) is 0 Å². The molecule has 0 N–H and O–H groups in total. The SMILES string of the molecule is c1ccc2c(c1)-c1ccccc1[Si]21c2ccc3c4c2-n2c5c1cccc5c1ccc[n+](c12)[N+]41c2c(cccc2-n2c4ccccc4c4ccc[n+]1c42)O3. The Morgan fingerprint density at radius 3 is 1.91 bits per heavy atom. The first-order valence-corrected chi connectivity index (χ1v) is 20.4. The van der Waals surface area contributed by atoms with Crippen LogP contribution in [0.2, 0.25) is 0 Å². The third-order valence-electron chi connectivity index (χ3n) is 13.1. The van der Waals surface area contributed by atoms with Crippen LogP contribution in [-0.2, 0) is 0 Å². The van der Waals surface area contributed by atoms with E-state index in [1.54, 1.807) is 0 Å². The maximum atomic E-state index is 7.18. The molecule has 0 aliphatic carbocycles. The average Bonchev–Trinajstić information content (AvgIpc) is 3.84. The maximum Gasteiger partial charge on any atom is 0.350 e. The third-order valence-corrected chi connectivity index (χ3v) is 18.0. The van der Waals surface area contributed by atoms with Gasteiger partial charge in [0, 0.05) is 21.1 Å². The van der Waals surface area contributed by atoms with E-state index in [1.807, 2.05) is 0 Å². The van der Waals surface area contributed by atoms with E-state index in [-0.39, 0.29) is 0 Å². The highest BCUT2D eigenvalue weighted by molar-refractivity contribution is 7.23. The number of rotatable bonds is 0. The number of nitrogens with zero attached hydrogens (tertiary/aromatic N) is 5. The first-order chi connectivity index (χ1) is 26.3. The van der Waals surface area contributed by atoms with Crippen LogP contribution >= 0.6 is 0 Å². The molecule has 4 aromatic heterocycles. The number of quaternary nitrogens is 1. The van der Waals surface area contributed by atoms with Crippen molar-refractivity contribution in [1.82, 2.24) is 13.8 Å². The average molecular weight is 693 g/mol. The number of pyridine rings is 2. The van der Waals surface area contributed by atoms with Crippen LogP contribution in [0.5, 0.6) is 11.5 Å². The number of para-hydroxylation sites is 3. The van der Waals surface area contributed by atoms with E-state index in [9.17, 15) is 0 Å². The molecule has 15 rings (SSSR count). The largest absolute Gasteiger partial charge is 0.444 e. The van der Waals surface area contributed by atoms with Crippen molar-refractivity contribution < 1.29 is 14.1 Å². The highest BCUT2D eigenvalue weighted by Gasteiger charge is 2.69. The first-order valence-electron chi connectivity index (χ1n) is 18.4. The summed E-state index contributed by atoms with van der Waals surface area (Å²) in [4.78, 5) is 0. The van der Waals surface area contributed by atoms with Crippen molar-refractivity contribution in [2.45, 2.75) is 0 Å². The standard InChI is InChI=1S/C46H26N5OSi/c1-4-17-33-27(11-1)31-15-9-25-47-45(31)49(33)34-18-8-19-35-43(34)51(47)44-36(52-35)23-24-40-42(44)50-41-30(32-16-10-26-48(51)46(32)50)14-7-22-39(41)53(40)37-20-5-2-12-28(37)29-13-3-6-21-38(29)53/h1-26H/q+3. The molecule has 0 bridgehead atoms. The van der Waals surface area contributed by atoms with Gasteiger partial charge >= 0.3 is 22.7 Å². The number of fused-ring (bicyclic) bond motifs is 12. The number of ether oxygens (including phenoxy) is 1. The van der Waals surface area contributed by atoms with Crippen LogP contribution in [0.4, 0.5) is 11.4 Å². The molecule has 0 amide bonds. The minimum Gasteiger partial charge on any atom is -0.444 e. The second-order valence-electron chi connectivity index (χ2n) is 15.0. The quantitative estimate of drug-likeness (QED) is 0.102. The predicted octanol–water partition coefficient (Wildman–Crippen LogP) is 6.43. The third kappa shape index (κ3) is 2.41. The van der Waals surface area contributed by atoms with Gasteiger partial charge < -0.3 is 4.74 Å². The summed E-state index contributed by atoms with van der Waals surface area (Å²) >= 11 is 0. The molecule has 9 heterocycles. The molecule has 53 heavy (non-hydrogen) atoms. The van der Waals surface area contributed by atoms with E-state index >= 15 is 0 Å². The molecular weight excluding hydrogens is 667 g/mol. The number of hydrogen-bond donors (Lipinski definition) is 0. The summed E-state index contributed by atoms with van der Waals surface area (Å²) in [7, 11) is -2.84. The Hall–Kier alpha value is -6.80. The fraction of sp³-hybridized carbons (Fsp3) is 0. The molecule has 5 aliphatic heterocycles. The summed E-state index contributed by atoms with van der Waals surface area (Å²) in [5, 5.41) is 10.8. The van der Waals surface area contributed by atoms with Gasteiger partial charge in [0.15, 0.2) is 20.5 Å². The molecule has 0 saturated heterocycles. The van der Waals surface area contributed by atoms with Gasteiger partial charge in [0.2, 0.25) is 22.9 Å². The summed E-state index contributed by atoms with van der Waals surface area (Å²) in [5.41, 5.74) is 12.3. The van der Waals surface area contributed by atoms with Crippen LogP contribution in [0.15, 0.2) is 158 Å². The van der Waals surface area contributed by atoms with Gasteiger partial charge in [-0.25, -0.2) is 0 Å². The lowest BCUT2D eigenvalue weighted by molar-refractivity contribution is -1.02. The van der Waals surface area contributed by atoms with Crippen LogP contribution in [0, 0.1) is 0 Å². The Labute approximate surface area is 303 Å². The van der Waals surface area contributed by atoms with Crippen LogP contribution in [0.1, 0.15) is 0 Å². The zero-order valence-corrected chi connectivity index (χ0v) is 29.2. The van der Waals surface area contributed by atoms with Crippen LogP contribution in [0.3, 0.4) is 0 Å². The van der Waals surface area contributed by atoms with Gasteiger partial charge in [-0.2, -0.15) is 9.13 Å². The minimum absolute atomic E-state index is 0.328. The Balaban J connectivity index is 1.26. The molecule has 6 nitrogen and oxygen atoms in total. The normalized spacial score (nSPS) is 17.8. The zero-order chi connectivity index (χ0) is 33.9. The van der Waals surface area contributed by atoms with E-state index in [2.05, 4.69) is 176 Å². The van der Waals surface area contributed by atoms with Gasteiger partial charge in [-0.1, -0.05) is 84.9 Å². The second kappa shape index (κ2) is 8.13. The van der Waals surface area contributed by atoms with Crippen LogP contribution in [0.25, 0.3) is 66.4 Å². The van der Waals surface area contributed by atoms with Crippen molar-refractivity contribution in [3.05, 3.63) is 158 Å². The number of hydrogen-bond acceptors (Lipinski definition) is 1. The van der Waals surface area contributed by atoms with Crippen molar-refractivity contribution in [3.63, 3.8) is 0 Å². The number of benzene rings is 6. The molecule has 0 saturated carbocycles. The lowest BCUT2D eigenvalue weighted by atomic mass is 10.1. The molecule has 0 fully saturated rings. The molecule has 5 aliphatic rings. The molecule has 6 aromatic carbocycles. The smallest absolute Gasteiger partial charge is 0.350 e. The molecule has 1 unspecified atom stereocenters. The molecule has 7 heteroatoms. The van der Waals surface area contributed by atoms with Gasteiger partial charge in [0.25, 0.3) is 0 Å². The maximum absolute atomic E-state index is 7.18. The molecular formula is C46H26N5OSi+3. The summed E-state index contributed by atoms with van der Waals surface area (Å²) in [6, 6.07) is 54.8. The molecule has 242 valence electrons. The summed E-state index contributed by atoms with van der Waals surface area (Å²) < 4.78 is 17.6. The van der Waals surface area contributed by atoms with Crippen LogP contribution in [-0.4, -0.2) is 17.2 Å². The van der Waals surface area contributed by atoms with Crippen molar-refractivity contribution in [2.75, 3.05) is 0 Å². The lowest BCUT2D eigenvalue weighted by Crippen LogP contribution is -2.87. The monoisotopic (exact) mass is 692 g/mol. The Morgan fingerprint density at radius 2 is 1.09 bits per heavy atom. The lowest BCUT2D eigenvalue weighted by Gasteiger charge is -2.41. The van der Waals surface area contributed by atoms with E-state index < -0.39 is 8.07 Å². The van der Waals surface area contributed by atoms with Gasteiger partial charge in [0.1, 0.15) is 11.0 Å². The van der Waals surface area contributed by atoms with E-state index in [4.69, 9.17) is 4.74 Å². The highest BCUT2D eigenvalue weighted by Crippen LogP contribution is 2.58. The van der Waals surface area contributed by atoms with Crippen molar-refractivity contribution in [3.8, 4) is 34.0 Å². The fourth-order valence-corrected chi connectivity index (χ4v) is 17.0. The van der Waals surface area contributed by atoms with E-state index in [1.165, 1.54) is 75.8 Å². The summed E-state index contributed by atoms with van der Waals surface area (Å²) in [6.45, 7) is 0. The molecule has 10 aromatic rings. The van der Waals surface area contributed by atoms with Crippen molar-refractivity contribution in [1.29, 1.82) is 0 Å². The summed E-state index contributed by atoms with van der Waals surface area (Å²) in [6.07, 6.45) is 4.58. The Kier molecular flexibility index (Phi) is 4.00. The van der Waals surface area contributed by atoms with Gasteiger partial charge in [-0.05, 0) is 91.5 Å². The second-order valence-corrected chi connectivity index (χ2v) is 18.7.